The SMILES string of the molecule is CCC(C)Oc1onc(-c2ccccc2)c1-c1ccc(S(N)(=O)=O)cc1. The summed E-state index contributed by atoms with van der Waals surface area (Å²) in [5, 5.41) is 9.36. The van der Waals surface area contributed by atoms with Gasteiger partial charge in [-0.05, 0) is 31.0 Å². The number of hydrogen-bond acceptors (Lipinski definition) is 5. The molecule has 2 aromatic carbocycles. The second-order valence-corrected chi connectivity index (χ2v) is 7.53. The first kappa shape index (κ1) is 18.2. The van der Waals surface area contributed by atoms with E-state index in [1.54, 1.807) is 12.1 Å². The fourth-order valence-corrected chi connectivity index (χ4v) is 3.00. The van der Waals surface area contributed by atoms with Crippen molar-refractivity contribution in [1.82, 2.24) is 5.16 Å². The Balaban J connectivity index is 2.12. The first-order valence-electron chi connectivity index (χ1n) is 8.25. The molecule has 26 heavy (non-hydrogen) atoms. The predicted octanol–water partition coefficient (Wildman–Crippen LogP) is 3.83. The lowest BCUT2D eigenvalue weighted by atomic mass is 10.0. The minimum atomic E-state index is -3.75. The van der Waals surface area contributed by atoms with Gasteiger partial charge in [0, 0.05) is 5.56 Å². The Morgan fingerprint density at radius 1 is 1.08 bits per heavy atom. The van der Waals surface area contributed by atoms with Gasteiger partial charge in [-0.15, -0.1) is 0 Å². The summed E-state index contributed by atoms with van der Waals surface area (Å²) in [6.45, 7) is 3.96. The van der Waals surface area contributed by atoms with Crippen molar-refractivity contribution in [2.45, 2.75) is 31.3 Å². The molecule has 0 fully saturated rings. The molecule has 0 amide bonds. The summed E-state index contributed by atoms with van der Waals surface area (Å²) >= 11 is 0. The molecule has 6 nitrogen and oxygen atoms in total. The molecule has 7 heteroatoms. The molecule has 0 saturated heterocycles. The van der Waals surface area contributed by atoms with Crippen LogP contribution in [0.3, 0.4) is 0 Å². The molecule has 0 aliphatic rings. The van der Waals surface area contributed by atoms with Crippen molar-refractivity contribution >= 4 is 10.0 Å². The highest BCUT2D eigenvalue weighted by Gasteiger charge is 2.22. The van der Waals surface area contributed by atoms with Crippen LogP contribution in [0, 0.1) is 0 Å². The number of hydrogen-bond donors (Lipinski definition) is 1. The zero-order valence-electron chi connectivity index (χ0n) is 14.5. The Morgan fingerprint density at radius 2 is 1.73 bits per heavy atom. The van der Waals surface area contributed by atoms with Crippen molar-refractivity contribution in [3.8, 4) is 28.3 Å². The van der Waals surface area contributed by atoms with Crippen molar-refractivity contribution in [1.29, 1.82) is 0 Å². The highest BCUT2D eigenvalue weighted by molar-refractivity contribution is 7.89. The summed E-state index contributed by atoms with van der Waals surface area (Å²) in [5.74, 6) is 0.307. The monoisotopic (exact) mass is 372 g/mol. The zero-order chi connectivity index (χ0) is 18.7. The fraction of sp³-hybridized carbons (Fsp3) is 0.211. The van der Waals surface area contributed by atoms with Gasteiger partial charge < -0.3 is 9.26 Å². The van der Waals surface area contributed by atoms with Crippen LogP contribution in [-0.4, -0.2) is 19.7 Å². The molecule has 0 aliphatic carbocycles. The summed E-state index contributed by atoms with van der Waals surface area (Å²) in [7, 11) is -3.75. The molecule has 1 atom stereocenters. The summed E-state index contributed by atoms with van der Waals surface area (Å²) in [6, 6.07) is 15.8. The van der Waals surface area contributed by atoms with Gasteiger partial charge in [0.05, 0.1) is 16.6 Å². The van der Waals surface area contributed by atoms with Gasteiger partial charge in [0.15, 0.2) is 0 Å². The highest BCUT2D eigenvalue weighted by atomic mass is 32.2. The fourth-order valence-electron chi connectivity index (χ4n) is 2.48. The van der Waals surface area contributed by atoms with Gasteiger partial charge in [-0.2, -0.15) is 0 Å². The van der Waals surface area contributed by atoms with E-state index in [9.17, 15) is 8.42 Å². The third kappa shape index (κ3) is 3.79. The van der Waals surface area contributed by atoms with Gasteiger partial charge in [0.25, 0.3) is 0 Å². The molecule has 1 aromatic heterocycles. The maximum Gasteiger partial charge on any atom is 0.320 e. The molecule has 0 saturated carbocycles. The summed E-state index contributed by atoms with van der Waals surface area (Å²) < 4.78 is 34.3. The van der Waals surface area contributed by atoms with Crippen LogP contribution in [0.1, 0.15) is 20.3 Å². The van der Waals surface area contributed by atoms with E-state index < -0.39 is 10.0 Å². The first-order chi connectivity index (χ1) is 12.4. The highest BCUT2D eigenvalue weighted by Crippen LogP contribution is 2.39. The number of nitrogens with two attached hydrogens (primary N) is 1. The minimum absolute atomic E-state index is 0.0448. The van der Waals surface area contributed by atoms with Gasteiger partial charge in [-0.1, -0.05) is 54.5 Å². The van der Waals surface area contributed by atoms with E-state index >= 15 is 0 Å². The van der Waals surface area contributed by atoms with E-state index in [1.165, 1.54) is 12.1 Å². The second-order valence-electron chi connectivity index (χ2n) is 5.97. The predicted molar refractivity (Wildman–Crippen MR) is 99.1 cm³/mol. The number of aromatic nitrogens is 1. The van der Waals surface area contributed by atoms with Crippen molar-refractivity contribution in [3.05, 3.63) is 54.6 Å². The maximum absolute atomic E-state index is 11.5. The van der Waals surface area contributed by atoms with E-state index in [0.29, 0.717) is 17.2 Å². The number of nitrogens with zero attached hydrogens (tertiary/aromatic N) is 1. The molecule has 0 radical (unpaired) electrons. The second kappa shape index (κ2) is 7.31. The standard InChI is InChI=1S/C19H20N2O4S/c1-3-13(2)24-19-17(14-9-11-16(12-10-14)26(20,22)23)18(21-25-19)15-7-5-4-6-8-15/h4-13H,3H2,1-2H3,(H2,20,22,23). The molecular formula is C19H20N2O4S. The number of primary sulfonamides is 1. The van der Waals surface area contributed by atoms with Crippen LogP contribution < -0.4 is 9.88 Å². The summed E-state index contributed by atoms with van der Waals surface area (Å²) in [4.78, 5) is 0.0448. The van der Waals surface area contributed by atoms with E-state index in [-0.39, 0.29) is 11.0 Å². The summed E-state index contributed by atoms with van der Waals surface area (Å²) in [5.41, 5.74) is 2.92. The first-order valence-corrected chi connectivity index (χ1v) is 9.79. The van der Waals surface area contributed by atoms with Gasteiger partial charge in [0.2, 0.25) is 10.0 Å². The van der Waals surface area contributed by atoms with Gasteiger partial charge in [0.1, 0.15) is 5.69 Å². The van der Waals surface area contributed by atoms with Gasteiger partial charge in [-0.3, -0.25) is 0 Å². The van der Waals surface area contributed by atoms with E-state index in [1.807, 2.05) is 44.2 Å². The Bertz CT molecular complexity index is 980. The topological polar surface area (TPSA) is 95.4 Å². The van der Waals surface area contributed by atoms with Crippen LogP contribution in [0.2, 0.25) is 0 Å². The Hall–Kier alpha value is -2.64. The maximum atomic E-state index is 11.5. The van der Waals surface area contributed by atoms with Crippen molar-refractivity contribution in [2.75, 3.05) is 0 Å². The molecule has 0 spiro atoms. The third-order valence-corrected chi connectivity index (χ3v) is 4.99. The molecule has 1 heterocycles. The van der Waals surface area contributed by atoms with Crippen LogP contribution in [0.25, 0.3) is 22.4 Å². The van der Waals surface area contributed by atoms with Crippen molar-refractivity contribution < 1.29 is 17.7 Å². The Labute approximate surface area is 152 Å². The minimum Gasteiger partial charge on any atom is -0.460 e. The molecule has 136 valence electrons. The average molecular weight is 372 g/mol. The lowest BCUT2D eigenvalue weighted by molar-refractivity contribution is 0.152. The quantitative estimate of drug-likeness (QED) is 0.709. The lowest BCUT2D eigenvalue weighted by Crippen LogP contribution is -2.11. The number of ether oxygens (including phenoxy) is 1. The van der Waals surface area contributed by atoms with Crippen LogP contribution in [0.4, 0.5) is 0 Å². The van der Waals surface area contributed by atoms with Gasteiger partial charge in [-0.25, -0.2) is 13.6 Å². The number of benzene rings is 2. The molecule has 3 aromatic rings. The van der Waals surface area contributed by atoms with Crippen LogP contribution >= 0.6 is 0 Å². The molecular weight excluding hydrogens is 352 g/mol. The van der Waals surface area contributed by atoms with E-state index in [2.05, 4.69) is 5.16 Å². The molecule has 0 aliphatic heterocycles. The molecule has 1 unspecified atom stereocenters. The third-order valence-electron chi connectivity index (χ3n) is 4.06. The van der Waals surface area contributed by atoms with Crippen molar-refractivity contribution in [3.63, 3.8) is 0 Å². The number of rotatable bonds is 6. The van der Waals surface area contributed by atoms with Gasteiger partial charge >= 0.3 is 5.95 Å². The summed E-state index contributed by atoms with van der Waals surface area (Å²) in [6.07, 6.45) is 0.763. The normalized spacial score (nSPS) is 12.7. The zero-order valence-corrected chi connectivity index (χ0v) is 15.4. The van der Waals surface area contributed by atoms with Crippen LogP contribution in [0.15, 0.2) is 64.0 Å². The van der Waals surface area contributed by atoms with Crippen LogP contribution in [-0.2, 0) is 10.0 Å². The molecule has 0 bridgehead atoms. The largest absolute Gasteiger partial charge is 0.460 e. The van der Waals surface area contributed by atoms with Crippen LogP contribution in [0.5, 0.6) is 5.95 Å². The smallest absolute Gasteiger partial charge is 0.320 e. The van der Waals surface area contributed by atoms with E-state index in [0.717, 1.165) is 17.5 Å². The van der Waals surface area contributed by atoms with E-state index in [4.69, 9.17) is 14.4 Å². The molecule has 2 N–H and O–H groups in total. The van der Waals surface area contributed by atoms with Crippen molar-refractivity contribution in [2.24, 2.45) is 5.14 Å². The Morgan fingerprint density at radius 3 is 2.31 bits per heavy atom. The Kier molecular flexibility index (Phi) is 5.11. The lowest BCUT2D eigenvalue weighted by Gasteiger charge is -2.11. The average Bonchev–Trinajstić information content (AvgIpc) is 3.05. The molecule has 3 rings (SSSR count). The number of sulfonamides is 1.